The molecular formula is C44H66N12O26. The number of nitrogens with one attached hydrogen (secondary N) is 12. The van der Waals surface area contributed by atoms with Crippen molar-refractivity contribution >= 4 is 107 Å². The minimum Gasteiger partial charge on any atom is -0.481 e. The van der Waals surface area contributed by atoms with Gasteiger partial charge in [0.1, 0.15) is 60.4 Å². The SMILES string of the molecule is CNC(=O)C[C@@H](NC(=O)C(CC(=O)O)NC(=O)[C@@H](CCC(=O)O)NC(=O)C(CO)NC(=O)[C@@H](CC(=O)O)NC(C)=O)C(=O)NC(CO)C(=O)N[C@H](CC(=O)O)C(=O)NC(CCC(=O)O)C(=O)N[C@H](CCC(=O)O)C(=O)NC(C)C(=O)NC. The lowest BCUT2D eigenvalue weighted by atomic mass is 10.1. The van der Waals surface area contributed by atoms with Gasteiger partial charge in [0.2, 0.25) is 70.9 Å². The highest BCUT2D eigenvalue weighted by atomic mass is 16.4. The molecule has 38 heteroatoms. The van der Waals surface area contributed by atoms with Crippen LogP contribution in [0.5, 0.6) is 0 Å². The van der Waals surface area contributed by atoms with Gasteiger partial charge in [-0.25, -0.2) is 0 Å². The molecule has 82 heavy (non-hydrogen) atoms. The number of rotatable bonds is 39. The lowest BCUT2D eigenvalue weighted by Crippen LogP contribution is -2.61. The van der Waals surface area contributed by atoms with E-state index in [0.717, 1.165) is 14.0 Å². The van der Waals surface area contributed by atoms with Crippen LogP contribution < -0.4 is 63.8 Å². The molecule has 0 fully saturated rings. The zero-order valence-electron chi connectivity index (χ0n) is 44.2. The van der Waals surface area contributed by atoms with E-state index in [-0.39, 0.29) is 0 Å². The molecule has 20 N–H and O–H groups in total. The summed E-state index contributed by atoms with van der Waals surface area (Å²) in [4.78, 5) is 226. The van der Waals surface area contributed by atoms with Crippen molar-refractivity contribution in [1.29, 1.82) is 0 Å². The van der Waals surface area contributed by atoms with Crippen LogP contribution in [0.15, 0.2) is 0 Å². The van der Waals surface area contributed by atoms with Gasteiger partial charge in [0.25, 0.3) is 0 Å². The molecule has 5 unspecified atom stereocenters. The predicted octanol–water partition coefficient (Wildman–Crippen LogP) is -10.2. The number of hydrogen-bond donors (Lipinski definition) is 20. The Balaban J connectivity index is 6.78. The molecule has 0 aromatic carbocycles. The number of carbonyl (C=O) groups excluding carboxylic acids is 12. The van der Waals surface area contributed by atoms with Crippen molar-refractivity contribution in [2.75, 3.05) is 27.3 Å². The molecule has 10 atom stereocenters. The summed E-state index contributed by atoms with van der Waals surface area (Å²) in [6.45, 7) is -0.526. The maximum absolute atomic E-state index is 13.7. The summed E-state index contributed by atoms with van der Waals surface area (Å²) in [5, 5.41) is 100. The van der Waals surface area contributed by atoms with Crippen LogP contribution in [-0.4, -0.2) is 235 Å². The molecule has 458 valence electrons. The Kier molecular flexibility index (Phi) is 32.2. The van der Waals surface area contributed by atoms with Gasteiger partial charge in [0.15, 0.2) is 0 Å². The summed E-state index contributed by atoms with van der Waals surface area (Å²) in [5.74, 6) is -25.5. The van der Waals surface area contributed by atoms with E-state index in [2.05, 4.69) is 21.3 Å². The number of carboxylic acids is 6. The minimum absolute atomic E-state index is 0.617. The van der Waals surface area contributed by atoms with Gasteiger partial charge in [0, 0.05) is 40.3 Å². The first-order valence-electron chi connectivity index (χ1n) is 24.1. The zero-order chi connectivity index (χ0) is 63.1. The molecule has 0 aromatic heterocycles. The molecule has 0 saturated heterocycles. The fraction of sp³-hybridized carbons (Fsp3) is 0.591. The molecule has 0 aliphatic rings. The molecule has 0 spiro atoms. The lowest BCUT2D eigenvalue weighted by molar-refractivity contribution is -0.143. The second kappa shape index (κ2) is 36.5. The summed E-state index contributed by atoms with van der Waals surface area (Å²) in [6, 6.07) is -19.8. The Labute approximate surface area is 462 Å². The van der Waals surface area contributed by atoms with Crippen molar-refractivity contribution in [3.05, 3.63) is 0 Å². The molecule has 38 nitrogen and oxygen atoms in total. The Bertz CT molecular complexity index is 2410. The van der Waals surface area contributed by atoms with Gasteiger partial charge in [-0.05, 0) is 26.2 Å². The number of amides is 12. The van der Waals surface area contributed by atoms with E-state index in [9.17, 15) is 122 Å². The Morgan fingerprint density at radius 1 is 0.305 bits per heavy atom. The smallest absolute Gasteiger partial charge is 0.305 e. The van der Waals surface area contributed by atoms with Crippen LogP contribution in [0.1, 0.15) is 78.1 Å². The molecule has 0 saturated carbocycles. The third-order valence-electron chi connectivity index (χ3n) is 10.9. The number of carbonyl (C=O) groups is 18. The largest absolute Gasteiger partial charge is 0.481 e. The third kappa shape index (κ3) is 28.3. The van der Waals surface area contributed by atoms with Gasteiger partial charge in [0.05, 0.1) is 38.9 Å². The first kappa shape index (κ1) is 72.4. The lowest BCUT2D eigenvalue weighted by Gasteiger charge is -2.27. The Hall–Kier alpha value is -9.62. The highest BCUT2D eigenvalue weighted by molar-refractivity contribution is 6.01. The van der Waals surface area contributed by atoms with Gasteiger partial charge in [-0.15, -0.1) is 0 Å². The van der Waals surface area contributed by atoms with E-state index < -0.39 is 245 Å². The van der Waals surface area contributed by atoms with E-state index in [0.29, 0.717) is 0 Å². The average molecular weight is 1180 g/mol. The number of carboxylic acid groups (broad SMARTS) is 6. The van der Waals surface area contributed by atoms with Crippen molar-refractivity contribution in [2.45, 2.75) is 138 Å². The van der Waals surface area contributed by atoms with E-state index in [1.165, 1.54) is 14.0 Å². The maximum atomic E-state index is 13.7. The van der Waals surface area contributed by atoms with Crippen LogP contribution in [0, 0.1) is 0 Å². The molecule has 0 aromatic rings. The number of aliphatic hydroxyl groups excluding tert-OH is 2. The number of aliphatic carboxylic acids is 6. The van der Waals surface area contributed by atoms with Gasteiger partial charge in [-0.1, -0.05) is 0 Å². The number of likely N-dealkylation sites (N-methyl/N-ethyl adjacent to an activating group) is 1. The van der Waals surface area contributed by atoms with Crippen LogP contribution >= 0.6 is 0 Å². The van der Waals surface area contributed by atoms with Gasteiger partial charge >= 0.3 is 35.8 Å². The Morgan fingerprint density at radius 3 is 0.805 bits per heavy atom. The topological polar surface area (TPSA) is 613 Å². The van der Waals surface area contributed by atoms with Crippen LogP contribution in [0.25, 0.3) is 0 Å². The average Bonchev–Trinajstić information content (AvgIpc) is 3.42. The second-order valence-electron chi connectivity index (χ2n) is 17.4. The zero-order valence-corrected chi connectivity index (χ0v) is 44.2. The van der Waals surface area contributed by atoms with Gasteiger partial charge < -0.3 is 105 Å². The minimum atomic E-state index is -2.30. The first-order chi connectivity index (χ1) is 38.2. The monoisotopic (exact) mass is 1180 g/mol. The highest BCUT2D eigenvalue weighted by Crippen LogP contribution is 2.08. The van der Waals surface area contributed by atoms with Gasteiger partial charge in [-0.2, -0.15) is 0 Å². The summed E-state index contributed by atoms with van der Waals surface area (Å²) < 4.78 is 0. The van der Waals surface area contributed by atoms with E-state index in [4.69, 9.17) is 5.11 Å². The maximum Gasteiger partial charge on any atom is 0.305 e. The molecule has 12 amide bonds. The first-order valence-corrected chi connectivity index (χ1v) is 24.1. The number of aliphatic hydroxyl groups is 2. The van der Waals surface area contributed by atoms with Crippen molar-refractivity contribution in [2.24, 2.45) is 0 Å². The third-order valence-corrected chi connectivity index (χ3v) is 10.9. The van der Waals surface area contributed by atoms with Crippen molar-refractivity contribution in [1.82, 2.24) is 63.8 Å². The molecule has 0 bridgehead atoms. The van der Waals surface area contributed by atoms with Crippen LogP contribution in [0.3, 0.4) is 0 Å². The standard InChI is InChI=1S/C44H66N12O26/c1-17(35(73)46-4)47-36(74)19(5-8-29(61)62)49-37(75)20(6-9-30(63)64)50-41(79)24(13-33(69)70)54-44(82)27(16-58)55-39(77)22(11-28(60)45-3)52-42(80)25(14-34(71)72)53-38(76)21(7-10-31(65)66)51-43(81)26(15-57)56-40(78)23(12-32(67)68)48-18(2)59/h17,19-27,57-58H,5-16H2,1-4H3,(H,45,60)(H,46,73)(H,47,74)(H,48,59)(H,49,75)(H,50,79)(H,51,81)(H,52,80)(H,53,76)(H,54,82)(H,55,77)(H,56,78)(H,61,62)(H,63,64)(H,65,66)(H,67,68)(H,69,70)(H,71,72)/t17?,19-,20?,21-,22-,23-,24-,25?,26?,27?/m1/s1. The summed E-state index contributed by atoms with van der Waals surface area (Å²) in [5.41, 5.74) is 0. The predicted molar refractivity (Wildman–Crippen MR) is 265 cm³/mol. The molecule has 0 aliphatic heterocycles. The van der Waals surface area contributed by atoms with Crippen molar-refractivity contribution < 1.29 is 127 Å². The van der Waals surface area contributed by atoms with Gasteiger partial charge in [-0.3, -0.25) is 86.3 Å². The fourth-order valence-corrected chi connectivity index (χ4v) is 6.67. The van der Waals surface area contributed by atoms with Crippen molar-refractivity contribution in [3.8, 4) is 0 Å². The summed E-state index contributed by atoms with van der Waals surface area (Å²) in [6.07, 6.45) is -9.57. The molecule has 0 rings (SSSR count). The van der Waals surface area contributed by atoms with E-state index in [1.807, 2.05) is 42.5 Å². The quantitative estimate of drug-likeness (QED) is 0.0272. The van der Waals surface area contributed by atoms with Crippen molar-refractivity contribution in [3.63, 3.8) is 0 Å². The molecular weight excluding hydrogens is 1110 g/mol. The summed E-state index contributed by atoms with van der Waals surface area (Å²) >= 11 is 0. The van der Waals surface area contributed by atoms with Crippen LogP contribution in [0.4, 0.5) is 0 Å². The normalized spacial score (nSPS) is 14.3. The van der Waals surface area contributed by atoms with E-state index in [1.54, 1.807) is 0 Å². The fourth-order valence-electron chi connectivity index (χ4n) is 6.67. The van der Waals surface area contributed by atoms with E-state index >= 15 is 0 Å². The molecule has 0 heterocycles. The van der Waals surface area contributed by atoms with Crippen LogP contribution in [-0.2, 0) is 86.3 Å². The molecule has 0 radical (unpaired) electrons. The molecule has 0 aliphatic carbocycles. The number of hydrogen-bond acceptors (Lipinski definition) is 20. The summed E-state index contributed by atoms with van der Waals surface area (Å²) in [7, 11) is 2.27. The highest BCUT2D eigenvalue weighted by Gasteiger charge is 2.37. The second-order valence-corrected chi connectivity index (χ2v) is 17.4. The van der Waals surface area contributed by atoms with Crippen LogP contribution in [0.2, 0.25) is 0 Å². The Morgan fingerprint density at radius 2 is 0.549 bits per heavy atom.